The Hall–Kier alpha value is -3.34. The molecule has 0 amide bonds. The number of fused-ring (bicyclic) bond motifs is 4. The van der Waals surface area contributed by atoms with Crippen molar-refractivity contribution in [1.82, 2.24) is 9.97 Å². The zero-order valence-electron chi connectivity index (χ0n) is 26.9. The zero-order chi connectivity index (χ0) is 30.9. The number of aromatic nitrogens is 2. The smallest absolute Gasteiger partial charge is 0.216 e. The fraction of sp³-hybridized carbons (Fsp3) is 0.425. The Labute approximate surface area is 285 Å². The minimum atomic E-state index is 0. The summed E-state index contributed by atoms with van der Waals surface area (Å²) in [5, 5.41) is 14.3. The first-order chi connectivity index (χ1) is 21.9. The molecule has 0 atom stereocenters. The van der Waals surface area contributed by atoms with Crippen LogP contribution < -0.4 is 0 Å². The van der Waals surface area contributed by atoms with Gasteiger partial charge in [-0.3, -0.25) is 4.79 Å². The second kappa shape index (κ2) is 14.2. The van der Waals surface area contributed by atoms with E-state index in [4.69, 9.17) is 9.40 Å². The number of carbonyl (C=O) groups is 1. The van der Waals surface area contributed by atoms with Crippen LogP contribution in [0.1, 0.15) is 99.8 Å². The number of aliphatic hydroxyl groups is 1. The van der Waals surface area contributed by atoms with Gasteiger partial charge in [-0.2, -0.15) is 0 Å². The summed E-state index contributed by atoms with van der Waals surface area (Å²) in [6.07, 6.45) is 17.6. The van der Waals surface area contributed by atoms with Gasteiger partial charge < -0.3 is 14.5 Å². The number of allylic oxidation sites excluding steroid dienone is 2. The van der Waals surface area contributed by atoms with Gasteiger partial charge in [0, 0.05) is 55.3 Å². The standard InChI is InChI=1S/C27H23N2O.C13H20O2.Ir/c1-16-13-23-22-9-7-17(2)29-27(22)30-26(23)24(14-16)25-21-10-8-19(18-5-3-4-6-18)15-20(21)11-12-28-25;14-12(10-5-1-2-6-10)9-13(15)11-7-3-4-8-11;/h7-13,15,18H,3-6H2,1-2H3;9-11,14H,1-8H2;/q-1;;/b;12-9-;. The average molecular weight is 792 g/mol. The van der Waals surface area contributed by atoms with Gasteiger partial charge in [0.25, 0.3) is 0 Å². The van der Waals surface area contributed by atoms with Crippen molar-refractivity contribution < 1.29 is 34.4 Å². The number of benzene rings is 2. The van der Waals surface area contributed by atoms with Crippen molar-refractivity contribution in [3.8, 4) is 11.3 Å². The Kier molecular flexibility index (Phi) is 10.1. The number of ketones is 1. The molecule has 0 saturated heterocycles. The largest absolute Gasteiger partial charge is 0.512 e. The van der Waals surface area contributed by atoms with Crippen LogP contribution in [0.5, 0.6) is 0 Å². The molecule has 3 heterocycles. The van der Waals surface area contributed by atoms with Crippen LogP contribution in [0.2, 0.25) is 0 Å². The van der Waals surface area contributed by atoms with E-state index in [9.17, 15) is 9.90 Å². The molecule has 1 N–H and O–H groups in total. The van der Waals surface area contributed by atoms with E-state index >= 15 is 0 Å². The maximum atomic E-state index is 11.8. The fourth-order valence-corrected chi connectivity index (χ4v) is 7.81. The van der Waals surface area contributed by atoms with Gasteiger partial charge >= 0.3 is 0 Å². The van der Waals surface area contributed by atoms with Crippen LogP contribution in [-0.4, -0.2) is 20.9 Å². The predicted molar refractivity (Wildman–Crippen MR) is 181 cm³/mol. The maximum Gasteiger partial charge on any atom is 0.216 e. The van der Waals surface area contributed by atoms with Gasteiger partial charge in [-0.25, -0.2) is 4.98 Å². The van der Waals surface area contributed by atoms with Crippen molar-refractivity contribution in [3.63, 3.8) is 0 Å². The number of hydrogen-bond donors (Lipinski definition) is 1. The molecule has 5 nitrogen and oxygen atoms in total. The molecule has 3 aliphatic rings. The first kappa shape index (κ1) is 32.6. The number of carbonyl (C=O) groups excluding carboxylic acids is 1. The van der Waals surface area contributed by atoms with E-state index in [2.05, 4.69) is 54.4 Å². The molecule has 3 aromatic heterocycles. The molecular formula is C40H43IrN2O3-. The van der Waals surface area contributed by atoms with Gasteiger partial charge in [-0.05, 0) is 91.6 Å². The first-order valence-electron chi connectivity index (χ1n) is 17.0. The van der Waals surface area contributed by atoms with Crippen LogP contribution >= 0.6 is 0 Å². The Morgan fingerprint density at radius 3 is 2.26 bits per heavy atom. The summed E-state index contributed by atoms with van der Waals surface area (Å²) in [5.74, 6) is 1.69. The van der Waals surface area contributed by atoms with Gasteiger partial charge in [-0.15, -0.1) is 17.7 Å². The molecule has 0 unspecified atom stereocenters. The van der Waals surface area contributed by atoms with E-state index in [0.717, 1.165) is 69.9 Å². The van der Waals surface area contributed by atoms with E-state index in [1.807, 2.05) is 19.2 Å². The van der Waals surface area contributed by atoms with Gasteiger partial charge in [0.05, 0.1) is 11.3 Å². The maximum absolute atomic E-state index is 11.8. The van der Waals surface area contributed by atoms with Crippen molar-refractivity contribution in [1.29, 1.82) is 0 Å². The predicted octanol–water partition coefficient (Wildman–Crippen LogP) is 10.6. The average Bonchev–Trinajstić information content (AvgIpc) is 3.88. The second-order valence-electron chi connectivity index (χ2n) is 13.5. The minimum absolute atomic E-state index is 0. The quantitative estimate of drug-likeness (QED) is 0.109. The zero-order valence-corrected chi connectivity index (χ0v) is 29.3. The summed E-state index contributed by atoms with van der Waals surface area (Å²) >= 11 is 0. The minimum Gasteiger partial charge on any atom is -0.512 e. The number of hydrogen-bond acceptors (Lipinski definition) is 5. The normalized spacial score (nSPS) is 17.9. The number of aryl methyl sites for hydroxylation is 2. The molecule has 0 bridgehead atoms. The molecule has 6 heteroatoms. The first-order valence-corrected chi connectivity index (χ1v) is 17.0. The van der Waals surface area contributed by atoms with Crippen molar-refractivity contribution in [2.24, 2.45) is 11.8 Å². The third-order valence-electron chi connectivity index (χ3n) is 10.3. The van der Waals surface area contributed by atoms with Crippen molar-refractivity contribution in [2.75, 3.05) is 0 Å². The number of aliphatic hydroxyl groups excluding tert-OH is 1. The third kappa shape index (κ3) is 6.71. The number of nitrogens with zero attached hydrogens (tertiary/aromatic N) is 2. The molecular weight excluding hydrogens is 749 g/mol. The Balaban J connectivity index is 0.000000197. The molecule has 46 heavy (non-hydrogen) atoms. The summed E-state index contributed by atoms with van der Waals surface area (Å²) in [7, 11) is 0. The van der Waals surface area contributed by atoms with E-state index in [-0.39, 0.29) is 37.7 Å². The van der Waals surface area contributed by atoms with E-state index in [0.29, 0.717) is 17.4 Å². The SMILES string of the molecule is Cc1[c-]c(-c2nccc3cc(C4CCCC4)ccc23)c2oc3nc(C)ccc3c2c1.O=C(/C=C(\O)C1CCCC1)C1CCCC1.[Ir]. The fourth-order valence-electron chi connectivity index (χ4n) is 7.81. The molecule has 5 aromatic rings. The summed E-state index contributed by atoms with van der Waals surface area (Å²) < 4.78 is 6.25. The topological polar surface area (TPSA) is 76.2 Å². The molecule has 3 saturated carbocycles. The number of furan rings is 1. The van der Waals surface area contributed by atoms with E-state index < -0.39 is 0 Å². The number of rotatable bonds is 5. The Morgan fingerprint density at radius 1 is 0.848 bits per heavy atom. The van der Waals surface area contributed by atoms with Crippen molar-refractivity contribution in [3.05, 3.63) is 83.4 Å². The number of pyridine rings is 2. The summed E-state index contributed by atoms with van der Waals surface area (Å²) in [6, 6.07) is 18.8. The Bertz CT molecular complexity index is 1890. The van der Waals surface area contributed by atoms with Gasteiger partial charge in [-0.1, -0.05) is 74.6 Å². The van der Waals surface area contributed by atoms with Crippen LogP contribution in [0, 0.1) is 31.7 Å². The van der Waals surface area contributed by atoms with Crippen LogP contribution in [0.3, 0.4) is 0 Å². The third-order valence-corrected chi connectivity index (χ3v) is 10.3. The van der Waals surface area contributed by atoms with Gasteiger partial charge in [0.2, 0.25) is 5.71 Å². The summed E-state index contributed by atoms with van der Waals surface area (Å²) in [4.78, 5) is 21.1. The van der Waals surface area contributed by atoms with Crippen LogP contribution in [0.25, 0.3) is 44.1 Å². The molecule has 2 aromatic carbocycles. The molecule has 3 fully saturated rings. The monoisotopic (exact) mass is 792 g/mol. The van der Waals surface area contributed by atoms with Crippen molar-refractivity contribution in [2.45, 2.75) is 96.8 Å². The van der Waals surface area contributed by atoms with Crippen molar-refractivity contribution >= 4 is 38.6 Å². The molecule has 1 radical (unpaired) electrons. The van der Waals surface area contributed by atoms with Gasteiger partial charge in [0.1, 0.15) is 0 Å². The molecule has 241 valence electrons. The summed E-state index contributed by atoms with van der Waals surface area (Å²) in [6.45, 7) is 4.06. The summed E-state index contributed by atoms with van der Waals surface area (Å²) in [5.41, 5.74) is 6.81. The molecule has 0 spiro atoms. The van der Waals surface area contributed by atoms with E-state index in [1.54, 1.807) is 0 Å². The van der Waals surface area contributed by atoms with Crippen LogP contribution in [0.15, 0.2) is 64.9 Å². The van der Waals surface area contributed by atoms with Crippen LogP contribution in [0.4, 0.5) is 0 Å². The molecule has 0 aliphatic heterocycles. The van der Waals surface area contributed by atoms with Gasteiger partial charge in [0.15, 0.2) is 5.78 Å². The Morgan fingerprint density at radius 2 is 1.52 bits per heavy atom. The van der Waals surface area contributed by atoms with Crippen LogP contribution in [-0.2, 0) is 24.9 Å². The molecule has 3 aliphatic carbocycles. The molecule has 8 rings (SSSR count). The van der Waals surface area contributed by atoms with E-state index in [1.165, 1.54) is 68.4 Å². The second-order valence-corrected chi connectivity index (χ2v) is 13.5.